The monoisotopic (exact) mass is 394 g/mol. The first kappa shape index (κ1) is 19.1. The van der Waals surface area contributed by atoms with Crippen LogP contribution in [0.4, 0.5) is 9.52 Å². The molecule has 0 unspecified atom stereocenters. The third-order valence-corrected chi connectivity index (χ3v) is 6.39. The molecule has 2 N–H and O–H groups in total. The molecule has 1 aromatic heterocycles. The van der Waals surface area contributed by atoms with Crippen LogP contribution in [0.1, 0.15) is 37.7 Å². The largest absolute Gasteiger partial charge is 0.356 e. The van der Waals surface area contributed by atoms with Crippen LogP contribution in [0, 0.1) is 11.7 Å². The lowest BCUT2D eigenvalue weighted by molar-refractivity contribution is -0.118. The molecule has 3 rings (SSSR count). The van der Waals surface area contributed by atoms with E-state index in [1.165, 1.54) is 67.3 Å². The molecule has 5 nitrogen and oxygen atoms in total. The lowest BCUT2D eigenvalue weighted by Gasteiger charge is -2.21. The van der Waals surface area contributed by atoms with E-state index in [1.807, 2.05) is 6.07 Å². The minimum atomic E-state index is -0.253. The van der Waals surface area contributed by atoms with Crippen molar-refractivity contribution < 1.29 is 9.18 Å². The van der Waals surface area contributed by atoms with Crippen molar-refractivity contribution in [1.29, 1.82) is 0 Å². The second-order valence-electron chi connectivity index (χ2n) is 6.45. The molecule has 26 heavy (non-hydrogen) atoms. The third-order valence-electron chi connectivity index (χ3n) is 4.38. The van der Waals surface area contributed by atoms with Gasteiger partial charge in [-0.3, -0.25) is 4.79 Å². The highest BCUT2D eigenvalue weighted by Crippen LogP contribution is 2.26. The van der Waals surface area contributed by atoms with Crippen LogP contribution in [0.25, 0.3) is 0 Å². The molecule has 0 bridgehead atoms. The van der Waals surface area contributed by atoms with E-state index in [1.54, 1.807) is 6.07 Å². The maximum absolute atomic E-state index is 13.2. The number of carbonyl (C=O) groups is 1. The van der Waals surface area contributed by atoms with Crippen molar-refractivity contribution in [2.45, 2.75) is 43.0 Å². The van der Waals surface area contributed by atoms with Crippen LogP contribution in [0.15, 0.2) is 28.6 Å². The van der Waals surface area contributed by atoms with Gasteiger partial charge >= 0.3 is 0 Å². The Labute approximate surface area is 161 Å². The van der Waals surface area contributed by atoms with E-state index in [9.17, 15) is 9.18 Å². The molecule has 0 aliphatic heterocycles. The Morgan fingerprint density at radius 1 is 1.27 bits per heavy atom. The predicted molar refractivity (Wildman–Crippen MR) is 104 cm³/mol. The van der Waals surface area contributed by atoms with E-state index < -0.39 is 0 Å². The number of carbonyl (C=O) groups excluding carboxylic acids is 1. The van der Waals surface area contributed by atoms with Gasteiger partial charge in [-0.25, -0.2) is 4.39 Å². The molecule has 0 atom stereocenters. The van der Waals surface area contributed by atoms with Gasteiger partial charge in [0.2, 0.25) is 11.0 Å². The fraction of sp³-hybridized carbons (Fsp3) is 0.500. The highest BCUT2D eigenvalue weighted by molar-refractivity contribution is 8.01. The van der Waals surface area contributed by atoms with Gasteiger partial charge in [0.1, 0.15) is 5.82 Å². The summed E-state index contributed by atoms with van der Waals surface area (Å²) in [6.45, 7) is 1.27. The number of aromatic nitrogens is 2. The second kappa shape index (κ2) is 9.87. The standard InChI is InChI=1S/C18H23FN4OS2/c19-15-8-4-7-14(9-15)11-21-17-22-23-18(26-17)25-12-16(24)20-10-13-5-2-1-3-6-13/h4,7-9,13H,1-3,5-6,10-12H2,(H,20,24)(H,21,22). The van der Waals surface area contributed by atoms with Gasteiger partial charge in [0, 0.05) is 13.1 Å². The van der Waals surface area contributed by atoms with Gasteiger partial charge in [0.15, 0.2) is 4.34 Å². The van der Waals surface area contributed by atoms with Crippen molar-refractivity contribution in [2.75, 3.05) is 17.6 Å². The SMILES string of the molecule is O=C(CSc1nnc(NCc2cccc(F)c2)s1)NCC1CCCCC1. The molecule has 2 aromatic rings. The van der Waals surface area contributed by atoms with Crippen molar-refractivity contribution in [2.24, 2.45) is 5.92 Å². The zero-order valence-electron chi connectivity index (χ0n) is 14.5. The molecule has 8 heteroatoms. The summed E-state index contributed by atoms with van der Waals surface area (Å²) in [5, 5.41) is 15.0. The predicted octanol–water partition coefficient (Wildman–Crippen LogP) is 4.08. The molecule has 1 fully saturated rings. The van der Waals surface area contributed by atoms with E-state index >= 15 is 0 Å². The lowest BCUT2D eigenvalue weighted by atomic mass is 9.89. The maximum atomic E-state index is 13.2. The zero-order valence-corrected chi connectivity index (χ0v) is 16.2. The summed E-state index contributed by atoms with van der Waals surface area (Å²) in [5.74, 6) is 0.783. The van der Waals surface area contributed by atoms with Crippen molar-refractivity contribution in [3.8, 4) is 0 Å². The number of hydrogen-bond donors (Lipinski definition) is 2. The first-order valence-corrected chi connectivity index (χ1v) is 10.7. The molecule has 1 heterocycles. The minimum absolute atomic E-state index is 0.0463. The van der Waals surface area contributed by atoms with Gasteiger partial charge in [0.25, 0.3) is 0 Å². The number of thioether (sulfide) groups is 1. The molecule has 140 valence electrons. The second-order valence-corrected chi connectivity index (χ2v) is 8.65. The summed E-state index contributed by atoms with van der Waals surface area (Å²) >= 11 is 2.79. The van der Waals surface area contributed by atoms with Crippen LogP contribution < -0.4 is 10.6 Å². The van der Waals surface area contributed by atoms with E-state index in [4.69, 9.17) is 0 Å². The van der Waals surface area contributed by atoms with Crippen LogP contribution in [0.2, 0.25) is 0 Å². The quantitative estimate of drug-likeness (QED) is 0.661. The fourth-order valence-electron chi connectivity index (χ4n) is 2.99. The number of rotatable bonds is 8. The van der Waals surface area contributed by atoms with Crippen molar-refractivity contribution >= 4 is 34.1 Å². The topological polar surface area (TPSA) is 66.9 Å². The van der Waals surface area contributed by atoms with E-state index in [2.05, 4.69) is 20.8 Å². The number of hydrogen-bond acceptors (Lipinski definition) is 6. The Kier molecular flexibility index (Phi) is 7.25. The fourth-order valence-corrected chi connectivity index (χ4v) is 4.57. The van der Waals surface area contributed by atoms with Crippen LogP contribution >= 0.6 is 23.1 Å². The van der Waals surface area contributed by atoms with Crippen LogP contribution in [-0.2, 0) is 11.3 Å². The molecule has 1 amide bonds. The summed E-state index contributed by atoms with van der Waals surface area (Å²) in [4.78, 5) is 12.0. The Bertz CT molecular complexity index is 719. The van der Waals surface area contributed by atoms with Gasteiger partial charge < -0.3 is 10.6 Å². The number of nitrogens with one attached hydrogen (secondary N) is 2. The first-order chi connectivity index (χ1) is 12.7. The van der Waals surface area contributed by atoms with Crippen molar-refractivity contribution in [3.63, 3.8) is 0 Å². The minimum Gasteiger partial charge on any atom is -0.356 e. The summed E-state index contributed by atoms with van der Waals surface area (Å²) in [7, 11) is 0. The number of benzene rings is 1. The molecule has 0 saturated heterocycles. The number of amides is 1. The summed E-state index contributed by atoms with van der Waals surface area (Å²) in [6.07, 6.45) is 6.35. The van der Waals surface area contributed by atoms with Gasteiger partial charge in [-0.05, 0) is 36.5 Å². The summed E-state index contributed by atoms with van der Waals surface area (Å²) in [5.41, 5.74) is 0.844. The van der Waals surface area contributed by atoms with E-state index in [0.717, 1.165) is 16.4 Å². The van der Waals surface area contributed by atoms with E-state index in [-0.39, 0.29) is 11.7 Å². The number of nitrogens with zero attached hydrogens (tertiary/aromatic N) is 2. The third kappa shape index (κ3) is 6.25. The Balaban J connectivity index is 1.37. The maximum Gasteiger partial charge on any atom is 0.230 e. The van der Waals surface area contributed by atoms with Gasteiger partial charge in [-0.2, -0.15) is 0 Å². The number of anilines is 1. The molecule has 1 saturated carbocycles. The Morgan fingerprint density at radius 2 is 2.12 bits per heavy atom. The molecular weight excluding hydrogens is 371 g/mol. The van der Waals surface area contributed by atoms with Crippen LogP contribution in [0.5, 0.6) is 0 Å². The smallest absolute Gasteiger partial charge is 0.230 e. The molecule has 1 aromatic carbocycles. The molecular formula is C18H23FN4OS2. The zero-order chi connectivity index (χ0) is 18.2. The molecule has 1 aliphatic rings. The first-order valence-electron chi connectivity index (χ1n) is 8.90. The molecule has 0 radical (unpaired) electrons. The van der Waals surface area contributed by atoms with Gasteiger partial charge in [-0.15, -0.1) is 10.2 Å². The van der Waals surface area contributed by atoms with E-state index in [0.29, 0.717) is 23.3 Å². The number of halogens is 1. The van der Waals surface area contributed by atoms with Crippen molar-refractivity contribution in [1.82, 2.24) is 15.5 Å². The van der Waals surface area contributed by atoms with Crippen LogP contribution in [-0.4, -0.2) is 28.4 Å². The normalized spacial score (nSPS) is 15.0. The lowest BCUT2D eigenvalue weighted by Crippen LogP contribution is -2.31. The molecule has 1 aliphatic carbocycles. The Hall–Kier alpha value is -1.67. The average molecular weight is 395 g/mol. The Morgan fingerprint density at radius 3 is 2.92 bits per heavy atom. The highest BCUT2D eigenvalue weighted by atomic mass is 32.2. The summed E-state index contributed by atoms with van der Waals surface area (Å²) in [6, 6.07) is 6.44. The van der Waals surface area contributed by atoms with Gasteiger partial charge in [-0.1, -0.05) is 54.5 Å². The highest BCUT2D eigenvalue weighted by Gasteiger charge is 2.14. The average Bonchev–Trinajstić information content (AvgIpc) is 3.12. The van der Waals surface area contributed by atoms with Gasteiger partial charge in [0.05, 0.1) is 5.75 Å². The van der Waals surface area contributed by atoms with Crippen molar-refractivity contribution in [3.05, 3.63) is 35.6 Å². The molecule has 0 spiro atoms. The van der Waals surface area contributed by atoms with Crippen LogP contribution in [0.3, 0.4) is 0 Å². The summed E-state index contributed by atoms with van der Waals surface area (Å²) < 4.78 is 13.9.